The largest absolute Gasteiger partial charge is 0.508 e. The molecule has 4 rings (SSSR count). The Morgan fingerprint density at radius 2 is 1.61 bits per heavy atom. The van der Waals surface area contributed by atoms with Gasteiger partial charge in [0.25, 0.3) is 5.79 Å². The van der Waals surface area contributed by atoms with Crippen LogP contribution in [0.3, 0.4) is 0 Å². The minimum absolute atomic E-state index is 0.0277. The minimum atomic E-state index is -2.54. The van der Waals surface area contributed by atoms with Crippen LogP contribution in [-0.2, 0) is 15.3 Å². The van der Waals surface area contributed by atoms with E-state index in [2.05, 4.69) is 0 Å². The molecule has 9 N–H and O–H groups in total. The lowest BCUT2D eigenvalue weighted by Crippen LogP contribution is -2.59. The zero-order valence-electron chi connectivity index (χ0n) is 16.8. The van der Waals surface area contributed by atoms with Crippen molar-refractivity contribution in [2.24, 2.45) is 0 Å². The Kier molecular flexibility index (Phi) is 5.74. The molecule has 2 heterocycles. The molecule has 2 aromatic carbocycles. The van der Waals surface area contributed by atoms with Crippen molar-refractivity contribution in [1.82, 2.24) is 0 Å². The number of aliphatic hydroxyl groups excluding tert-OH is 4. The summed E-state index contributed by atoms with van der Waals surface area (Å²) in [5.74, 6) is -5.15. The predicted octanol–water partition coefficient (Wildman–Crippen LogP) is -1.10. The first kappa shape index (κ1) is 22.9. The molecule has 0 aliphatic carbocycles. The van der Waals surface area contributed by atoms with Crippen molar-refractivity contribution >= 4 is 6.08 Å². The molecule has 12 heteroatoms. The standard InChI is InChI=1S/C21H22O12/c22-7-15-17(27)18(28)19(29)20(31-15)32-16-6-10-12(25)4-9(23)5-14(10)33-21(16,30)8-1-2-11(24)13(26)3-8/h1-6,15,17-20,22-30H,7H2/t15-,17-,18+,19-,20+,21?/m1/s1. The summed E-state index contributed by atoms with van der Waals surface area (Å²) in [5.41, 5.74) is -0.192. The zero-order valence-corrected chi connectivity index (χ0v) is 16.8. The third-order valence-electron chi connectivity index (χ3n) is 5.43. The molecule has 0 aromatic heterocycles. The van der Waals surface area contributed by atoms with Crippen molar-refractivity contribution in [1.29, 1.82) is 0 Å². The first-order valence-electron chi connectivity index (χ1n) is 9.74. The van der Waals surface area contributed by atoms with Gasteiger partial charge in [-0.2, -0.15) is 0 Å². The van der Waals surface area contributed by atoms with Crippen LogP contribution in [0.25, 0.3) is 6.08 Å². The maximum absolute atomic E-state index is 11.4. The number of hydrogen-bond acceptors (Lipinski definition) is 12. The lowest BCUT2D eigenvalue weighted by Gasteiger charge is -2.42. The van der Waals surface area contributed by atoms with E-state index in [1.54, 1.807) is 0 Å². The molecule has 33 heavy (non-hydrogen) atoms. The van der Waals surface area contributed by atoms with Gasteiger partial charge in [0.2, 0.25) is 6.29 Å². The van der Waals surface area contributed by atoms with E-state index >= 15 is 0 Å². The van der Waals surface area contributed by atoms with Crippen molar-refractivity contribution in [3.63, 3.8) is 0 Å². The molecular weight excluding hydrogens is 444 g/mol. The monoisotopic (exact) mass is 466 g/mol. The molecular formula is C21H22O12. The fourth-order valence-corrected chi connectivity index (χ4v) is 3.60. The van der Waals surface area contributed by atoms with Crippen LogP contribution < -0.4 is 4.74 Å². The van der Waals surface area contributed by atoms with Gasteiger partial charge in [-0.15, -0.1) is 0 Å². The van der Waals surface area contributed by atoms with E-state index in [1.807, 2.05) is 0 Å². The number of aliphatic hydroxyl groups is 5. The van der Waals surface area contributed by atoms with Crippen molar-refractivity contribution in [2.45, 2.75) is 36.5 Å². The first-order chi connectivity index (χ1) is 15.5. The first-order valence-corrected chi connectivity index (χ1v) is 9.74. The predicted molar refractivity (Wildman–Crippen MR) is 107 cm³/mol. The van der Waals surface area contributed by atoms with E-state index in [1.165, 1.54) is 6.07 Å². The highest BCUT2D eigenvalue weighted by molar-refractivity contribution is 5.70. The van der Waals surface area contributed by atoms with E-state index in [0.29, 0.717) is 0 Å². The van der Waals surface area contributed by atoms with E-state index in [-0.39, 0.29) is 22.6 Å². The van der Waals surface area contributed by atoms with Crippen molar-refractivity contribution in [3.05, 3.63) is 47.2 Å². The fraction of sp³-hybridized carbons (Fsp3) is 0.333. The third kappa shape index (κ3) is 3.88. The zero-order chi connectivity index (χ0) is 24.1. The molecule has 0 radical (unpaired) electrons. The normalized spacial score (nSPS) is 31.3. The smallest absolute Gasteiger partial charge is 0.294 e. The molecule has 0 amide bonds. The third-order valence-corrected chi connectivity index (χ3v) is 5.43. The highest BCUT2D eigenvalue weighted by atomic mass is 16.7. The summed E-state index contributed by atoms with van der Waals surface area (Å²) in [5, 5.41) is 90.6. The Hall–Kier alpha value is -3.26. The molecule has 12 nitrogen and oxygen atoms in total. The maximum atomic E-state index is 11.4. The van der Waals surface area contributed by atoms with Gasteiger partial charge < -0.3 is 60.2 Å². The van der Waals surface area contributed by atoms with Gasteiger partial charge >= 0.3 is 0 Å². The quantitative estimate of drug-likeness (QED) is 0.246. The number of phenolic OH excluding ortho intramolecular Hbond substituents is 4. The number of ether oxygens (including phenoxy) is 3. The number of benzene rings is 2. The molecule has 1 unspecified atom stereocenters. The number of rotatable bonds is 4. The van der Waals surface area contributed by atoms with E-state index in [4.69, 9.17) is 14.2 Å². The molecule has 2 aromatic rings. The van der Waals surface area contributed by atoms with E-state index in [9.17, 15) is 46.0 Å². The number of phenols is 4. The Labute approximate surface area is 186 Å². The summed E-state index contributed by atoms with van der Waals surface area (Å²) >= 11 is 0. The molecule has 1 fully saturated rings. The summed E-state index contributed by atoms with van der Waals surface area (Å²) in [4.78, 5) is 0. The summed E-state index contributed by atoms with van der Waals surface area (Å²) in [6.07, 6.45) is -7.15. The van der Waals surface area contributed by atoms with Gasteiger partial charge in [-0.3, -0.25) is 0 Å². The van der Waals surface area contributed by atoms with Gasteiger partial charge in [0.15, 0.2) is 17.3 Å². The van der Waals surface area contributed by atoms with Crippen LogP contribution in [0, 0.1) is 0 Å². The Morgan fingerprint density at radius 1 is 0.879 bits per heavy atom. The second-order valence-electron chi connectivity index (χ2n) is 7.65. The van der Waals surface area contributed by atoms with Crippen LogP contribution in [0.15, 0.2) is 36.1 Å². The van der Waals surface area contributed by atoms with Crippen LogP contribution in [0.2, 0.25) is 0 Å². The lowest BCUT2D eigenvalue weighted by atomic mass is 9.96. The topological polar surface area (TPSA) is 210 Å². The van der Waals surface area contributed by atoms with Gasteiger partial charge in [0.05, 0.1) is 12.2 Å². The fourth-order valence-electron chi connectivity index (χ4n) is 3.60. The summed E-state index contributed by atoms with van der Waals surface area (Å²) < 4.78 is 16.5. The molecule has 0 saturated carbocycles. The number of aromatic hydroxyl groups is 4. The van der Waals surface area contributed by atoms with Crippen molar-refractivity contribution in [2.75, 3.05) is 6.61 Å². The van der Waals surface area contributed by atoms with Gasteiger partial charge in [-0.05, 0) is 24.3 Å². The lowest BCUT2D eigenvalue weighted by molar-refractivity contribution is -0.303. The van der Waals surface area contributed by atoms with Crippen LogP contribution in [0.4, 0.5) is 0 Å². The number of hydrogen-bond donors (Lipinski definition) is 9. The highest BCUT2D eigenvalue weighted by Gasteiger charge is 2.49. The molecule has 2 aliphatic rings. The van der Waals surface area contributed by atoms with E-state index < -0.39 is 66.1 Å². The Morgan fingerprint density at radius 3 is 2.27 bits per heavy atom. The van der Waals surface area contributed by atoms with Crippen LogP contribution in [-0.4, -0.2) is 83.3 Å². The molecule has 6 atom stereocenters. The maximum Gasteiger partial charge on any atom is 0.294 e. The molecule has 0 bridgehead atoms. The van der Waals surface area contributed by atoms with Crippen LogP contribution in [0.1, 0.15) is 11.1 Å². The van der Waals surface area contributed by atoms with Gasteiger partial charge in [0, 0.05) is 17.7 Å². The van der Waals surface area contributed by atoms with Crippen LogP contribution >= 0.6 is 0 Å². The second kappa shape index (κ2) is 8.26. The van der Waals surface area contributed by atoms with Gasteiger partial charge in [0.1, 0.15) is 41.7 Å². The number of fused-ring (bicyclic) bond motifs is 1. The Bertz CT molecular complexity index is 1080. The van der Waals surface area contributed by atoms with Crippen LogP contribution in [0.5, 0.6) is 28.7 Å². The van der Waals surface area contributed by atoms with Crippen molar-refractivity contribution < 1.29 is 60.2 Å². The second-order valence-corrected chi connectivity index (χ2v) is 7.65. The van der Waals surface area contributed by atoms with E-state index in [0.717, 1.165) is 30.3 Å². The summed E-state index contributed by atoms with van der Waals surface area (Å²) in [7, 11) is 0. The van der Waals surface area contributed by atoms with Crippen molar-refractivity contribution in [3.8, 4) is 28.7 Å². The highest BCUT2D eigenvalue weighted by Crippen LogP contribution is 2.47. The Balaban J connectivity index is 1.80. The minimum Gasteiger partial charge on any atom is -0.508 e. The van der Waals surface area contributed by atoms with Gasteiger partial charge in [-0.25, -0.2) is 0 Å². The average molecular weight is 466 g/mol. The molecule has 2 aliphatic heterocycles. The molecule has 178 valence electrons. The molecule has 0 spiro atoms. The summed E-state index contributed by atoms with van der Waals surface area (Å²) in [6, 6.07) is 5.32. The SMILES string of the molecule is OC[C@H]1O[C@@H](OC2=Cc3c(O)cc(O)cc3OC2(O)c2ccc(O)c(O)c2)[C@H](O)[C@@H](O)[C@@H]1O. The summed E-state index contributed by atoms with van der Waals surface area (Å²) in [6.45, 7) is -0.723. The average Bonchev–Trinajstić information content (AvgIpc) is 2.76. The van der Waals surface area contributed by atoms with Gasteiger partial charge in [-0.1, -0.05) is 0 Å². The molecule has 1 saturated heterocycles.